The number of nitrogens with two attached hydrogens (primary N) is 1. The van der Waals surface area contributed by atoms with Crippen LogP contribution in [0.4, 0.5) is 17.3 Å². The number of hydrogen-bond acceptors (Lipinski definition) is 7. The number of nitrogens with one attached hydrogen (secondary N) is 2. The van der Waals surface area contributed by atoms with E-state index in [1.54, 1.807) is 18.2 Å². The van der Waals surface area contributed by atoms with Crippen LogP contribution >= 0.6 is 11.6 Å². The predicted molar refractivity (Wildman–Crippen MR) is 116 cm³/mol. The molecular weight excluding hydrogens is 406 g/mol. The van der Waals surface area contributed by atoms with Gasteiger partial charge in [0.05, 0.1) is 28.8 Å². The summed E-state index contributed by atoms with van der Waals surface area (Å²) >= 11 is 6.23. The number of rotatable bonds is 4. The second-order valence-electron chi connectivity index (χ2n) is 6.92. The summed E-state index contributed by atoms with van der Waals surface area (Å²) in [6, 6.07) is 7.11. The number of piperidine rings is 1. The fourth-order valence-corrected chi connectivity index (χ4v) is 3.63. The van der Waals surface area contributed by atoms with Crippen molar-refractivity contribution in [1.29, 1.82) is 0 Å². The molecule has 0 unspecified atom stereocenters. The van der Waals surface area contributed by atoms with Crippen LogP contribution in [0.5, 0.6) is 0 Å². The third-order valence-electron chi connectivity index (χ3n) is 4.89. The fourth-order valence-electron chi connectivity index (χ4n) is 3.39. The number of nitrogens with zero attached hydrogens (tertiary/aromatic N) is 4. The lowest BCUT2D eigenvalue weighted by Crippen LogP contribution is -2.32. The van der Waals surface area contributed by atoms with Crippen LogP contribution in [0.1, 0.15) is 29.8 Å². The van der Waals surface area contributed by atoms with E-state index in [4.69, 9.17) is 17.3 Å². The Bertz CT molecular complexity index is 1140. The van der Waals surface area contributed by atoms with Crippen LogP contribution in [-0.2, 0) is 0 Å². The highest BCUT2D eigenvalue weighted by molar-refractivity contribution is 6.33. The van der Waals surface area contributed by atoms with E-state index < -0.39 is 11.6 Å². The topological polar surface area (TPSA) is 130 Å². The van der Waals surface area contributed by atoms with Crippen molar-refractivity contribution >= 4 is 34.8 Å². The molecule has 2 aromatic heterocycles. The lowest BCUT2D eigenvalue weighted by atomic mass is 10.1. The first-order chi connectivity index (χ1) is 14.5. The molecule has 9 nitrogen and oxygen atoms in total. The van der Waals surface area contributed by atoms with Gasteiger partial charge in [0.15, 0.2) is 11.5 Å². The Morgan fingerprint density at radius 2 is 1.90 bits per heavy atom. The molecule has 1 aliphatic rings. The zero-order chi connectivity index (χ0) is 21.1. The second-order valence-corrected chi connectivity index (χ2v) is 7.33. The molecule has 0 atom stereocenters. The maximum atomic E-state index is 13.0. The van der Waals surface area contributed by atoms with Crippen molar-refractivity contribution in [2.24, 2.45) is 0 Å². The van der Waals surface area contributed by atoms with Crippen molar-refractivity contribution in [3.8, 4) is 11.3 Å². The SMILES string of the molecule is Nc1ncc(-c2ccccc2Cl)nc1C(=O)Nc1[nH]c(=O)ncc1N1CCCCC1. The summed E-state index contributed by atoms with van der Waals surface area (Å²) in [5.41, 5.74) is 6.99. The Morgan fingerprint density at radius 3 is 2.67 bits per heavy atom. The highest BCUT2D eigenvalue weighted by Crippen LogP contribution is 2.28. The van der Waals surface area contributed by atoms with E-state index >= 15 is 0 Å². The quantitative estimate of drug-likeness (QED) is 0.585. The first kappa shape index (κ1) is 19.8. The molecular formula is C20H20ClN7O2. The van der Waals surface area contributed by atoms with Gasteiger partial charge in [0.2, 0.25) is 0 Å². The van der Waals surface area contributed by atoms with Crippen LogP contribution in [0.25, 0.3) is 11.3 Å². The number of halogens is 1. The number of hydrogen-bond donors (Lipinski definition) is 3. The van der Waals surface area contributed by atoms with Gasteiger partial charge in [0, 0.05) is 18.7 Å². The van der Waals surface area contributed by atoms with Gasteiger partial charge in [-0.1, -0.05) is 29.8 Å². The van der Waals surface area contributed by atoms with Crippen molar-refractivity contribution in [1.82, 2.24) is 19.9 Å². The van der Waals surface area contributed by atoms with Gasteiger partial charge in [0.1, 0.15) is 5.82 Å². The van der Waals surface area contributed by atoms with Crippen LogP contribution in [0.2, 0.25) is 5.02 Å². The zero-order valence-electron chi connectivity index (χ0n) is 16.1. The van der Waals surface area contributed by atoms with Gasteiger partial charge in [-0.05, 0) is 25.3 Å². The predicted octanol–water partition coefficient (Wildman–Crippen LogP) is 2.71. The van der Waals surface area contributed by atoms with E-state index in [0.717, 1.165) is 32.4 Å². The van der Waals surface area contributed by atoms with Crippen LogP contribution in [-0.4, -0.2) is 38.9 Å². The smallest absolute Gasteiger partial charge is 0.346 e. The van der Waals surface area contributed by atoms with E-state index in [-0.39, 0.29) is 17.3 Å². The van der Waals surface area contributed by atoms with Crippen LogP contribution in [0, 0.1) is 0 Å². The molecule has 1 aromatic carbocycles. The summed E-state index contributed by atoms with van der Waals surface area (Å²) < 4.78 is 0. The molecule has 1 saturated heterocycles. The summed E-state index contributed by atoms with van der Waals surface area (Å²) in [5, 5.41) is 3.19. The van der Waals surface area contributed by atoms with E-state index in [9.17, 15) is 9.59 Å². The molecule has 3 aromatic rings. The van der Waals surface area contributed by atoms with Gasteiger partial charge in [0.25, 0.3) is 5.91 Å². The molecule has 1 aliphatic heterocycles. The molecule has 0 bridgehead atoms. The summed E-state index contributed by atoms with van der Waals surface area (Å²) in [6.45, 7) is 1.64. The number of carbonyl (C=O) groups is 1. The highest BCUT2D eigenvalue weighted by atomic mass is 35.5. The number of amides is 1. The zero-order valence-corrected chi connectivity index (χ0v) is 16.8. The van der Waals surface area contributed by atoms with Crippen molar-refractivity contribution in [3.63, 3.8) is 0 Å². The standard InChI is InChI=1S/C20H20ClN7O2/c21-13-7-3-2-6-12(13)14-10-23-17(22)16(25-14)19(29)26-18-15(11-24-20(30)27-18)28-8-4-1-5-9-28/h2-3,6-7,10-11H,1,4-5,8-9H2,(H2,22,23)(H2,24,26,27,29,30). The minimum Gasteiger partial charge on any atom is -0.382 e. The number of nitrogen functional groups attached to an aromatic ring is 1. The van der Waals surface area contributed by atoms with Crippen LogP contribution < -0.4 is 21.6 Å². The molecule has 30 heavy (non-hydrogen) atoms. The minimum absolute atomic E-state index is 0.0285. The van der Waals surface area contributed by atoms with E-state index in [0.29, 0.717) is 22.0 Å². The van der Waals surface area contributed by atoms with Gasteiger partial charge in [-0.25, -0.2) is 14.8 Å². The van der Waals surface area contributed by atoms with Gasteiger partial charge in [-0.3, -0.25) is 9.78 Å². The number of anilines is 3. The molecule has 10 heteroatoms. The lowest BCUT2D eigenvalue weighted by molar-refractivity contribution is 0.102. The third-order valence-corrected chi connectivity index (χ3v) is 5.22. The molecule has 0 radical (unpaired) electrons. The van der Waals surface area contributed by atoms with E-state index in [1.807, 2.05) is 6.07 Å². The van der Waals surface area contributed by atoms with Crippen molar-refractivity contribution in [2.45, 2.75) is 19.3 Å². The largest absolute Gasteiger partial charge is 0.382 e. The monoisotopic (exact) mass is 425 g/mol. The first-order valence-corrected chi connectivity index (χ1v) is 9.94. The first-order valence-electron chi connectivity index (χ1n) is 9.56. The molecule has 3 heterocycles. The van der Waals surface area contributed by atoms with Crippen LogP contribution in [0.15, 0.2) is 41.5 Å². The normalized spacial score (nSPS) is 13.8. The molecule has 0 aliphatic carbocycles. The molecule has 1 fully saturated rings. The van der Waals surface area contributed by atoms with Gasteiger partial charge in [-0.15, -0.1) is 0 Å². The number of H-pyrrole nitrogens is 1. The summed E-state index contributed by atoms with van der Waals surface area (Å²) in [4.78, 5) is 41.7. The molecule has 4 N–H and O–H groups in total. The average Bonchev–Trinajstić information content (AvgIpc) is 2.75. The van der Waals surface area contributed by atoms with Gasteiger partial charge < -0.3 is 16.0 Å². The minimum atomic E-state index is -0.589. The van der Waals surface area contributed by atoms with Crippen LogP contribution in [0.3, 0.4) is 0 Å². The molecule has 154 valence electrons. The molecule has 0 spiro atoms. The second kappa shape index (κ2) is 8.50. The van der Waals surface area contributed by atoms with Crippen molar-refractivity contribution in [3.05, 3.63) is 57.9 Å². The lowest BCUT2D eigenvalue weighted by Gasteiger charge is -2.29. The van der Waals surface area contributed by atoms with Gasteiger partial charge in [-0.2, -0.15) is 4.98 Å². The maximum absolute atomic E-state index is 13.0. The van der Waals surface area contributed by atoms with E-state index in [2.05, 4.69) is 30.2 Å². The van der Waals surface area contributed by atoms with Crippen molar-refractivity contribution < 1.29 is 4.79 Å². The molecule has 0 saturated carbocycles. The highest BCUT2D eigenvalue weighted by Gasteiger charge is 2.21. The molecule has 4 rings (SSSR count). The maximum Gasteiger partial charge on any atom is 0.346 e. The summed E-state index contributed by atoms with van der Waals surface area (Å²) in [6.07, 6.45) is 6.14. The Balaban J connectivity index is 1.66. The Kier molecular flexibility index (Phi) is 5.62. The Hall–Kier alpha value is -3.46. The summed E-state index contributed by atoms with van der Waals surface area (Å²) in [5.74, 6) is -0.362. The van der Waals surface area contributed by atoms with Gasteiger partial charge >= 0.3 is 5.69 Å². The Morgan fingerprint density at radius 1 is 1.13 bits per heavy atom. The Labute approximate surface area is 177 Å². The number of benzene rings is 1. The number of aromatic amines is 1. The number of aromatic nitrogens is 4. The average molecular weight is 426 g/mol. The fraction of sp³-hybridized carbons (Fsp3) is 0.250. The van der Waals surface area contributed by atoms with Crippen molar-refractivity contribution in [2.75, 3.05) is 29.0 Å². The van der Waals surface area contributed by atoms with E-state index in [1.165, 1.54) is 12.4 Å². The summed E-state index contributed by atoms with van der Waals surface area (Å²) in [7, 11) is 0. The third kappa shape index (κ3) is 4.11. The molecule has 1 amide bonds. The number of carbonyl (C=O) groups excluding carboxylic acids is 1.